The van der Waals surface area contributed by atoms with Gasteiger partial charge in [-0.3, -0.25) is 4.79 Å². The molecule has 0 aromatic heterocycles. The summed E-state index contributed by atoms with van der Waals surface area (Å²) in [7, 11) is -3.33. The zero-order valence-corrected chi connectivity index (χ0v) is 13.5. The zero-order chi connectivity index (χ0) is 15.5. The number of benzene rings is 1. The lowest BCUT2D eigenvalue weighted by Crippen LogP contribution is -2.44. The second kappa shape index (κ2) is 6.70. The molecule has 1 aliphatic rings. The third-order valence-electron chi connectivity index (χ3n) is 3.53. The molecule has 1 atom stereocenters. The van der Waals surface area contributed by atoms with Gasteiger partial charge in [0.05, 0.1) is 22.8 Å². The van der Waals surface area contributed by atoms with Gasteiger partial charge in [-0.2, -0.15) is 11.8 Å². The quantitative estimate of drug-likeness (QED) is 0.889. The third kappa shape index (κ3) is 3.71. The van der Waals surface area contributed by atoms with Crippen LogP contribution in [0.2, 0.25) is 0 Å². The van der Waals surface area contributed by atoms with Gasteiger partial charge in [0, 0.05) is 24.1 Å². The average molecular weight is 329 g/mol. The number of aliphatic carboxylic acids is 1. The van der Waals surface area contributed by atoms with Crippen LogP contribution in [-0.4, -0.2) is 49.3 Å². The molecular weight excluding hydrogens is 310 g/mol. The van der Waals surface area contributed by atoms with Crippen LogP contribution in [0, 0.1) is 0 Å². The molecule has 1 fully saturated rings. The van der Waals surface area contributed by atoms with Crippen LogP contribution in [0.3, 0.4) is 0 Å². The average Bonchev–Trinajstić information content (AvgIpc) is 2.47. The Balaban J connectivity index is 2.42. The van der Waals surface area contributed by atoms with E-state index >= 15 is 0 Å². The molecule has 0 radical (unpaired) electrons. The number of nitrogens with zero attached hydrogens (tertiary/aromatic N) is 1. The highest BCUT2D eigenvalue weighted by atomic mass is 32.2. The minimum atomic E-state index is -3.33. The maximum Gasteiger partial charge on any atom is 0.305 e. The zero-order valence-electron chi connectivity index (χ0n) is 11.9. The first-order valence-electron chi connectivity index (χ1n) is 6.83. The summed E-state index contributed by atoms with van der Waals surface area (Å²) < 4.78 is 24.5. The van der Waals surface area contributed by atoms with Gasteiger partial charge in [0.25, 0.3) is 0 Å². The Morgan fingerprint density at radius 2 is 2.14 bits per heavy atom. The van der Waals surface area contributed by atoms with Crippen LogP contribution in [0.25, 0.3) is 0 Å². The summed E-state index contributed by atoms with van der Waals surface area (Å²) in [6.45, 7) is 2.28. The van der Waals surface area contributed by atoms with Crippen molar-refractivity contribution in [3.8, 4) is 0 Å². The van der Waals surface area contributed by atoms with Gasteiger partial charge in [-0.05, 0) is 12.1 Å². The molecule has 0 aliphatic carbocycles. The van der Waals surface area contributed by atoms with E-state index in [-0.39, 0.29) is 18.2 Å². The van der Waals surface area contributed by atoms with Gasteiger partial charge in [0.2, 0.25) is 0 Å². The Morgan fingerprint density at radius 3 is 2.81 bits per heavy atom. The van der Waals surface area contributed by atoms with Crippen molar-refractivity contribution < 1.29 is 18.3 Å². The number of thioether (sulfide) groups is 1. The highest BCUT2D eigenvalue weighted by molar-refractivity contribution is 7.99. The normalized spacial score (nSPS) is 19.5. The molecule has 21 heavy (non-hydrogen) atoms. The molecule has 0 amide bonds. The first kappa shape index (κ1) is 16.2. The van der Waals surface area contributed by atoms with Crippen molar-refractivity contribution in [2.45, 2.75) is 24.3 Å². The lowest BCUT2D eigenvalue weighted by Gasteiger charge is -2.37. The topological polar surface area (TPSA) is 74.7 Å². The highest BCUT2D eigenvalue weighted by Gasteiger charge is 2.29. The molecule has 1 saturated heterocycles. The van der Waals surface area contributed by atoms with Gasteiger partial charge in [-0.25, -0.2) is 8.42 Å². The summed E-state index contributed by atoms with van der Waals surface area (Å²) in [5, 5.41) is 9.05. The summed E-state index contributed by atoms with van der Waals surface area (Å²) in [5.74, 6) is 0.753. The standard InChI is InChI=1S/C14H19NO4S2/c1-2-21(18,19)13-6-4-3-5-12(13)15-7-8-20-10-11(15)9-14(16)17/h3-6,11H,2,7-10H2,1H3,(H,16,17). The number of rotatable bonds is 5. The molecule has 1 unspecified atom stereocenters. The van der Waals surface area contributed by atoms with Gasteiger partial charge >= 0.3 is 5.97 Å². The molecule has 1 N–H and O–H groups in total. The van der Waals surface area contributed by atoms with E-state index in [1.165, 1.54) is 0 Å². The summed E-state index contributed by atoms with van der Waals surface area (Å²) in [5.41, 5.74) is 0.630. The van der Waals surface area contributed by atoms with E-state index in [1.54, 1.807) is 43.0 Å². The fourth-order valence-electron chi connectivity index (χ4n) is 2.46. The predicted molar refractivity (Wildman–Crippen MR) is 84.9 cm³/mol. The molecule has 0 bridgehead atoms. The Labute approximate surface area is 129 Å². The van der Waals surface area contributed by atoms with Crippen LogP contribution >= 0.6 is 11.8 Å². The van der Waals surface area contributed by atoms with Crippen molar-refractivity contribution in [2.24, 2.45) is 0 Å². The monoisotopic (exact) mass is 329 g/mol. The Hall–Kier alpha value is -1.21. The van der Waals surface area contributed by atoms with Crippen molar-refractivity contribution in [3.05, 3.63) is 24.3 Å². The minimum Gasteiger partial charge on any atom is -0.481 e. The molecule has 1 aromatic rings. The molecular formula is C14H19NO4S2. The molecule has 2 rings (SSSR count). The molecule has 7 heteroatoms. The van der Waals surface area contributed by atoms with Crippen LogP contribution in [0.1, 0.15) is 13.3 Å². The van der Waals surface area contributed by atoms with E-state index in [4.69, 9.17) is 5.11 Å². The van der Waals surface area contributed by atoms with E-state index < -0.39 is 15.8 Å². The van der Waals surface area contributed by atoms with Gasteiger partial charge in [-0.1, -0.05) is 19.1 Å². The van der Waals surface area contributed by atoms with Crippen molar-refractivity contribution in [2.75, 3.05) is 28.7 Å². The molecule has 116 valence electrons. The second-order valence-corrected chi connectivity index (χ2v) is 8.29. The molecule has 5 nitrogen and oxygen atoms in total. The van der Waals surface area contributed by atoms with E-state index in [0.29, 0.717) is 22.9 Å². The van der Waals surface area contributed by atoms with Crippen LogP contribution < -0.4 is 4.90 Å². The van der Waals surface area contributed by atoms with Crippen LogP contribution in [0.4, 0.5) is 5.69 Å². The number of hydrogen-bond donors (Lipinski definition) is 1. The SMILES string of the molecule is CCS(=O)(=O)c1ccccc1N1CCSCC1CC(=O)O. The number of para-hydroxylation sites is 1. The Kier molecular flexibility index (Phi) is 5.16. The maximum atomic E-state index is 12.2. The van der Waals surface area contributed by atoms with Crippen molar-refractivity contribution in [1.29, 1.82) is 0 Å². The third-order valence-corrected chi connectivity index (χ3v) is 6.39. The van der Waals surface area contributed by atoms with Gasteiger partial charge in [0.1, 0.15) is 0 Å². The number of carboxylic acids is 1. The highest BCUT2D eigenvalue weighted by Crippen LogP contribution is 2.31. The number of carbonyl (C=O) groups is 1. The molecule has 1 aliphatic heterocycles. The lowest BCUT2D eigenvalue weighted by molar-refractivity contribution is -0.137. The number of hydrogen-bond acceptors (Lipinski definition) is 5. The fraction of sp³-hybridized carbons (Fsp3) is 0.500. The molecule has 0 saturated carbocycles. The van der Waals surface area contributed by atoms with Gasteiger partial charge in [0.15, 0.2) is 9.84 Å². The second-order valence-electron chi connectivity index (χ2n) is 4.89. The fourth-order valence-corrected chi connectivity index (χ4v) is 4.62. The first-order valence-corrected chi connectivity index (χ1v) is 9.64. The largest absolute Gasteiger partial charge is 0.481 e. The number of sulfone groups is 1. The molecule has 1 aromatic carbocycles. The predicted octanol–water partition coefficient (Wildman–Crippen LogP) is 1.88. The molecule has 1 heterocycles. The van der Waals surface area contributed by atoms with Crippen LogP contribution in [0.5, 0.6) is 0 Å². The summed E-state index contributed by atoms with van der Waals surface area (Å²) in [6.07, 6.45) is 0.0213. The maximum absolute atomic E-state index is 12.2. The van der Waals surface area contributed by atoms with Gasteiger partial charge < -0.3 is 10.0 Å². The Bertz CT molecular complexity index is 615. The van der Waals surface area contributed by atoms with E-state index in [1.807, 2.05) is 4.90 Å². The summed E-state index contributed by atoms with van der Waals surface area (Å²) in [4.78, 5) is 13.3. The van der Waals surface area contributed by atoms with Crippen LogP contribution in [-0.2, 0) is 14.6 Å². The van der Waals surface area contributed by atoms with Crippen molar-refractivity contribution >= 4 is 33.3 Å². The minimum absolute atomic E-state index is 0.0213. The lowest BCUT2D eigenvalue weighted by atomic mass is 10.1. The van der Waals surface area contributed by atoms with Crippen molar-refractivity contribution in [1.82, 2.24) is 0 Å². The smallest absolute Gasteiger partial charge is 0.305 e. The number of anilines is 1. The summed E-state index contributed by atoms with van der Waals surface area (Å²) in [6, 6.07) is 6.70. The van der Waals surface area contributed by atoms with E-state index in [2.05, 4.69) is 0 Å². The number of carboxylic acid groups (broad SMARTS) is 1. The molecule has 0 spiro atoms. The van der Waals surface area contributed by atoms with Crippen molar-refractivity contribution in [3.63, 3.8) is 0 Å². The van der Waals surface area contributed by atoms with Crippen LogP contribution in [0.15, 0.2) is 29.2 Å². The van der Waals surface area contributed by atoms with Gasteiger partial charge in [-0.15, -0.1) is 0 Å². The first-order chi connectivity index (χ1) is 9.95. The van der Waals surface area contributed by atoms with E-state index in [9.17, 15) is 13.2 Å². The summed E-state index contributed by atoms with van der Waals surface area (Å²) >= 11 is 1.71. The Morgan fingerprint density at radius 1 is 1.43 bits per heavy atom. The van der Waals surface area contributed by atoms with E-state index in [0.717, 1.165) is 5.75 Å².